The van der Waals surface area contributed by atoms with Crippen molar-refractivity contribution in [3.63, 3.8) is 0 Å². The first-order valence-electron chi connectivity index (χ1n) is 14.1. The minimum Gasteiger partial charge on any atom is -0.465 e. The van der Waals surface area contributed by atoms with Crippen LogP contribution in [0.25, 0.3) is 0 Å². The summed E-state index contributed by atoms with van der Waals surface area (Å²) in [5, 5.41) is 16.0. The molecule has 2 fully saturated rings. The number of imidazole rings is 1. The quantitative estimate of drug-likeness (QED) is 0.418. The zero-order valence-electron chi connectivity index (χ0n) is 23.8. The van der Waals surface area contributed by atoms with E-state index in [9.17, 15) is 23.9 Å². The number of aromatic amines is 1. The number of hydrogen-bond acceptors (Lipinski definition) is 4. The molecule has 1 aromatic carbocycles. The highest BCUT2D eigenvalue weighted by Crippen LogP contribution is 2.40. The van der Waals surface area contributed by atoms with Crippen molar-refractivity contribution in [2.24, 2.45) is 5.41 Å². The molecule has 0 spiro atoms. The number of aromatic nitrogens is 2. The zero-order chi connectivity index (χ0) is 29.1. The van der Waals surface area contributed by atoms with Gasteiger partial charge in [0.05, 0.1) is 24.5 Å². The molecule has 2 aliphatic rings. The van der Waals surface area contributed by atoms with E-state index in [2.05, 4.69) is 20.6 Å². The molecule has 1 saturated heterocycles. The molecule has 1 saturated carbocycles. The van der Waals surface area contributed by atoms with Crippen molar-refractivity contribution in [1.82, 2.24) is 30.4 Å². The molecule has 2 atom stereocenters. The molecule has 218 valence electrons. The first kappa shape index (κ1) is 29.4. The van der Waals surface area contributed by atoms with Gasteiger partial charge in [-0.15, -0.1) is 0 Å². The number of H-pyrrole nitrogens is 1. The molecule has 2 unspecified atom stereocenters. The average molecular weight is 557 g/mol. The van der Waals surface area contributed by atoms with Crippen LogP contribution >= 0.6 is 0 Å². The molecular formula is C29H41FN6O4. The number of piperazine rings is 1. The standard InChI is InChI=1S/C29H41FN6O4/c1-19(23-17-31-24(34-23)16-20-10-12-21(30)13-11-20)32-25(37)29(28(2,3)4)18-35(27(39)40)14-15-36(29)26(38)33-22-8-6-5-7-9-22/h10-13,17,19,22H,5-9,14-16,18H2,1-4H3,(H,31,34)(H,32,37)(H,33,38)(H,39,40). The van der Waals surface area contributed by atoms with E-state index in [1.165, 1.54) is 17.0 Å². The fraction of sp³-hybridized carbons (Fsp3) is 0.586. The molecule has 1 aliphatic carbocycles. The number of nitrogens with zero attached hydrogens (tertiary/aromatic N) is 3. The van der Waals surface area contributed by atoms with Gasteiger partial charge in [-0.1, -0.05) is 52.2 Å². The summed E-state index contributed by atoms with van der Waals surface area (Å²) >= 11 is 0. The predicted octanol–water partition coefficient (Wildman–Crippen LogP) is 4.44. The Morgan fingerprint density at radius 3 is 2.45 bits per heavy atom. The number of carboxylic acid groups (broad SMARTS) is 1. The van der Waals surface area contributed by atoms with Crippen LogP contribution in [0.4, 0.5) is 14.0 Å². The lowest BCUT2D eigenvalue weighted by molar-refractivity contribution is -0.145. The molecule has 4 rings (SSSR count). The van der Waals surface area contributed by atoms with Gasteiger partial charge in [-0.3, -0.25) is 4.79 Å². The highest BCUT2D eigenvalue weighted by molar-refractivity contribution is 5.93. The van der Waals surface area contributed by atoms with Gasteiger partial charge in [-0.05, 0) is 42.9 Å². The Morgan fingerprint density at radius 2 is 1.82 bits per heavy atom. The van der Waals surface area contributed by atoms with Crippen molar-refractivity contribution in [2.45, 2.75) is 83.8 Å². The highest BCUT2D eigenvalue weighted by atomic mass is 19.1. The van der Waals surface area contributed by atoms with E-state index < -0.39 is 29.0 Å². The van der Waals surface area contributed by atoms with Gasteiger partial charge in [0.25, 0.3) is 0 Å². The molecule has 0 radical (unpaired) electrons. The summed E-state index contributed by atoms with van der Waals surface area (Å²) in [5.74, 6) is -0.0676. The van der Waals surface area contributed by atoms with Crippen LogP contribution < -0.4 is 10.6 Å². The molecule has 4 N–H and O–H groups in total. The maximum atomic E-state index is 14.2. The number of benzene rings is 1. The summed E-state index contributed by atoms with van der Waals surface area (Å²) in [6, 6.07) is 5.40. The Hall–Kier alpha value is -3.63. The van der Waals surface area contributed by atoms with Gasteiger partial charge in [0.15, 0.2) is 0 Å². The second-order valence-electron chi connectivity index (χ2n) is 12.0. The molecule has 11 heteroatoms. The van der Waals surface area contributed by atoms with E-state index in [4.69, 9.17) is 0 Å². The Labute approximate surface area is 234 Å². The van der Waals surface area contributed by atoms with Gasteiger partial charge in [-0.25, -0.2) is 19.0 Å². The topological polar surface area (TPSA) is 131 Å². The summed E-state index contributed by atoms with van der Waals surface area (Å²) in [5.41, 5.74) is -0.690. The Morgan fingerprint density at radius 1 is 1.15 bits per heavy atom. The van der Waals surface area contributed by atoms with Gasteiger partial charge in [0.1, 0.15) is 17.2 Å². The van der Waals surface area contributed by atoms with Crippen molar-refractivity contribution in [1.29, 1.82) is 0 Å². The minimum absolute atomic E-state index is 0.0444. The van der Waals surface area contributed by atoms with E-state index in [1.807, 2.05) is 27.7 Å². The Bertz CT molecular complexity index is 1200. The third-order valence-corrected chi connectivity index (χ3v) is 8.29. The summed E-state index contributed by atoms with van der Waals surface area (Å²) < 4.78 is 13.3. The second kappa shape index (κ2) is 11.9. The van der Waals surface area contributed by atoms with Crippen LogP contribution in [-0.2, 0) is 11.2 Å². The van der Waals surface area contributed by atoms with Crippen LogP contribution in [0.5, 0.6) is 0 Å². The molecular weight excluding hydrogens is 515 g/mol. The number of rotatable bonds is 6. The van der Waals surface area contributed by atoms with Gasteiger partial charge in [0, 0.05) is 25.6 Å². The van der Waals surface area contributed by atoms with Crippen LogP contribution in [0.1, 0.15) is 82.9 Å². The number of carbonyl (C=O) groups is 3. The molecule has 4 amide bonds. The number of amides is 4. The fourth-order valence-corrected chi connectivity index (χ4v) is 5.84. The van der Waals surface area contributed by atoms with Crippen LogP contribution in [-0.4, -0.2) is 74.1 Å². The number of hydrogen-bond donors (Lipinski definition) is 4. The SMILES string of the molecule is CC(NC(=O)C1(C(C)(C)C)CN(C(=O)O)CCN1C(=O)NC1CCCCC1)c1cnc(Cc2ccc(F)cc2)[nH]1. The maximum Gasteiger partial charge on any atom is 0.407 e. The monoisotopic (exact) mass is 556 g/mol. The first-order chi connectivity index (χ1) is 18.9. The number of urea groups is 1. The largest absolute Gasteiger partial charge is 0.465 e. The Kier molecular flexibility index (Phi) is 8.70. The van der Waals surface area contributed by atoms with Gasteiger partial charge in [-0.2, -0.15) is 0 Å². The summed E-state index contributed by atoms with van der Waals surface area (Å²) in [6.07, 6.45) is 6.03. The molecule has 2 aromatic rings. The third-order valence-electron chi connectivity index (χ3n) is 8.29. The van der Waals surface area contributed by atoms with Gasteiger partial charge in [0.2, 0.25) is 5.91 Å². The lowest BCUT2D eigenvalue weighted by Crippen LogP contribution is -2.76. The minimum atomic E-state index is -1.45. The van der Waals surface area contributed by atoms with E-state index in [-0.39, 0.29) is 37.5 Å². The maximum absolute atomic E-state index is 14.2. The van der Waals surface area contributed by atoms with Crippen molar-refractivity contribution in [3.8, 4) is 0 Å². The molecule has 1 aromatic heterocycles. The van der Waals surface area contributed by atoms with Crippen molar-refractivity contribution in [3.05, 3.63) is 53.4 Å². The van der Waals surface area contributed by atoms with Crippen LogP contribution in [0.3, 0.4) is 0 Å². The van der Waals surface area contributed by atoms with E-state index in [0.717, 1.165) is 37.7 Å². The summed E-state index contributed by atoms with van der Waals surface area (Å²) in [4.78, 5) is 50.4. The van der Waals surface area contributed by atoms with Gasteiger partial charge < -0.3 is 30.5 Å². The number of nitrogens with one attached hydrogen (secondary N) is 3. The molecule has 10 nitrogen and oxygen atoms in total. The van der Waals surface area contributed by atoms with Crippen LogP contribution in [0, 0.1) is 11.2 Å². The van der Waals surface area contributed by atoms with Crippen molar-refractivity contribution < 1.29 is 23.9 Å². The van der Waals surface area contributed by atoms with Gasteiger partial charge >= 0.3 is 12.1 Å². The van der Waals surface area contributed by atoms with Crippen LogP contribution in [0.2, 0.25) is 0 Å². The van der Waals surface area contributed by atoms with E-state index in [0.29, 0.717) is 17.9 Å². The average Bonchev–Trinajstić information content (AvgIpc) is 3.38. The third kappa shape index (κ3) is 6.23. The first-order valence-corrected chi connectivity index (χ1v) is 14.1. The highest BCUT2D eigenvalue weighted by Gasteiger charge is 2.58. The van der Waals surface area contributed by atoms with Crippen molar-refractivity contribution in [2.75, 3.05) is 19.6 Å². The van der Waals surface area contributed by atoms with Crippen molar-refractivity contribution >= 4 is 18.0 Å². The predicted molar refractivity (Wildman–Crippen MR) is 148 cm³/mol. The normalized spacial score (nSPS) is 21.1. The number of halogens is 1. The zero-order valence-corrected chi connectivity index (χ0v) is 23.8. The Balaban J connectivity index is 1.57. The van der Waals surface area contributed by atoms with E-state index in [1.54, 1.807) is 23.2 Å². The lowest BCUT2D eigenvalue weighted by Gasteiger charge is -2.55. The summed E-state index contributed by atoms with van der Waals surface area (Å²) in [6.45, 7) is 7.49. The number of carbonyl (C=O) groups excluding carboxylic acids is 2. The summed E-state index contributed by atoms with van der Waals surface area (Å²) in [7, 11) is 0. The van der Waals surface area contributed by atoms with E-state index >= 15 is 0 Å². The molecule has 40 heavy (non-hydrogen) atoms. The molecule has 0 bridgehead atoms. The second-order valence-corrected chi connectivity index (χ2v) is 12.0. The lowest BCUT2D eigenvalue weighted by atomic mass is 9.70. The molecule has 2 heterocycles. The smallest absolute Gasteiger partial charge is 0.407 e. The fourth-order valence-electron chi connectivity index (χ4n) is 5.84. The molecule has 1 aliphatic heterocycles. The van der Waals surface area contributed by atoms with Crippen LogP contribution in [0.15, 0.2) is 30.5 Å².